The fourth-order valence-electron chi connectivity index (χ4n) is 2.10. The lowest BCUT2D eigenvalue weighted by Gasteiger charge is -2.34. The van der Waals surface area contributed by atoms with Gasteiger partial charge in [0.15, 0.2) is 0 Å². The molecule has 1 amide bonds. The van der Waals surface area contributed by atoms with E-state index in [1.54, 1.807) is 9.21 Å². The van der Waals surface area contributed by atoms with E-state index in [4.69, 9.17) is 0 Å². The summed E-state index contributed by atoms with van der Waals surface area (Å²) < 4.78 is 25.5. The first-order valence-electron chi connectivity index (χ1n) is 6.20. The van der Waals surface area contributed by atoms with Gasteiger partial charge >= 0.3 is 0 Å². The summed E-state index contributed by atoms with van der Waals surface area (Å²) in [5, 5.41) is -0.144. The van der Waals surface area contributed by atoms with E-state index in [0.717, 1.165) is 12.8 Å². The highest BCUT2D eigenvalue weighted by molar-refractivity contribution is 7.90. The molecule has 0 radical (unpaired) electrons. The van der Waals surface area contributed by atoms with Crippen LogP contribution in [0.1, 0.15) is 26.7 Å². The molecule has 1 heterocycles. The molecule has 0 N–H and O–H groups in total. The van der Waals surface area contributed by atoms with Crippen molar-refractivity contribution in [1.29, 1.82) is 0 Å². The van der Waals surface area contributed by atoms with Crippen LogP contribution in [0, 0.1) is 5.92 Å². The van der Waals surface area contributed by atoms with E-state index in [1.165, 1.54) is 0 Å². The van der Waals surface area contributed by atoms with E-state index >= 15 is 0 Å². The Labute approximate surface area is 103 Å². The molecule has 0 bridgehead atoms. The smallest absolute Gasteiger partial charge is 0.225 e. The highest BCUT2D eigenvalue weighted by Gasteiger charge is 2.41. The Bertz CT molecular complexity index is 393. The SMILES string of the molecule is CC(C)C(=O)N1CCN(S(=O)(=O)C2CC2)CC1. The number of rotatable bonds is 3. The van der Waals surface area contributed by atoms with Crippen molar-refractivity contribution < 1.29 is 13.2 Å². The summed E-state index contributed by atoms with van der Waals surface area (Å²) in [4.78, 5) is 13.5. The third-order valence-corrected chi connectivity index (χ3v) is 5.75. The fourth-order valence-corrected chi connectivity index (χ4v) is 3.93. The van der Waals surface area contributed by atoms with Gasteiger partial charge in [0.2, 0.25) is 15.9 Å². The van der Waals surface area contributed by atoms with Gasteiger partial charge in [-0.2, -0.15) is 4.31 Å². The molecule has 5 nitrogen and oxygen atoms in total. The van der Waals surface area contributed by atoms with Crippen molar-refractivity contribution >= 4 is 15.9 Å². The standard InChI is InChI=1S/C11H20N2O3S/c1-9(2)11(14)12-5-7-13(8-6-12)17(15,16)10-3-4-10/h9-10H,3-8H2,1-2H3. The molecule has 0 spiro atoms. The van der Waals surface area contributed by atoms with E-state index in [2.05, 4.69) is 0 Å². The first-order chi connectivity index (χ1) is 7.93. The molecule has 2 aliphatic rings. The Morgan fingerprint density at radius 3 is 2.06 bits per heavy atom. The Morgan fingerprint density at radius 1 is 1.12 bits per heavy atom. The number of hydrogen-bond donors (Lipinski definition) is 0. The largest absolute Gasteiger partial charge is 0.340 e. The molecular weight excluding hydrogens is 240 g/mol. The average Bonchev–Trinajstić information content (AvgIpc) is 3.12. The molecule has 2 rings (SSSR count). The molecule has 1 aliphatic heterocycles. The van der Waals surface area contributed by atoms with Crippen LogP contribution in [0.2, 0.25) is 0 Å². The quantitative estimate of drug-likeness (QED) is 0.732. The summed E-state index contributed by atoms with van der Waals surface area (Å²) in [5.41, 5.74) is 0. The van der Waals surface area contributed by atoms with E-state index < -0.39 is 10.0 Å². The van der Waals surface area contributed by atoms with Crippen LogP contribution in [-0.4, -0.2) is 55.0 Å². The maximum Gasteiger partial charge on any atom is 0.225 e. The minimum atomic E-state index is -3.06. The number of hydrogen-bond acceptors (Lipinski definition) is 3. The first kappa shape index (κ1) is 12.8. The molecule has 17 heavy (non-hydrogen) atoms. The number of amides is 1. The maximum atomic E-state index is 12.0. The minimum absolute atomic E-state index is 0.0124. The van der Waals surface area contributed by atoms with Crippen LogP contribution in [0.15, 0.2) is 0 Å². The molecule has 1 saturated heterocycles. The molecule has 1 saturated carbocycles. The molecular formula is C11H20N2O3S. The molecule has 0 atom stereocenters. The van der Waals surface area contributed by atoms with Crippen LogP contribution in [0.4, 0.5) is 0 Å². The second-order valence-corrected chi connectivity index (χ2v) is 7.34. The second kappa shape index (κ2) is 4.57. The van der Waals surface area contributed by atoms with Crippen molar-refractivity contribution in [2.45, 2.75) is 31.9 Å². The Kier molecular flexibility index (Phi) is 3.45. The molecule has 0 aromatic heterocycles. The predicted octanol–water partition coefficient (Wildman–Crippen LogP) is 0.279. The number of nitrogens with zero attached hydrogens (tertiary/aromatic N) is 2. The highest BCUT2D eigenvalue weighted by atomic mass is 32.2. The Morgan fingerprint density at radius 2 is 1.65 bits per heavy atom. The molecule has 0 aromatic rings. The van der Waals surface area contributed by atoms with E-state index in [0.29, 0.717) is 26.2 Å². The lowest BCUT2D eigenvalue weighted by atomic mass is 10.2. The average molecular weight is 260 g/mol. The van der Waals surface area contributed by atoms with Crippen molar-refractivity contribution in [3.8, 4) is 0 Å². The minimum Gasteiger partial charge on any atom is -0.340 e. The van der Waals surface area contributed by atoms with Crippen molar-refractivity contribution in [2.24, 2.45) is 5.92 Å². The summed E-state index contributed by atoms with van der Waals surface area (Å²) in [6, 6.07) is 0. The molecule has 98 valence electrons. The van der Waals surface area contributed by atoms with Gasteiger partial charge in [-0.05, 0) is 12.8 Å². The summed E-state index contributed by atoms with van der Waals surface area (Å²) in [7, 11) is -3.06. The number of carbonyl (C=O) groups excluding carboxylic acids is 1. The van der Waals surface area contributed by atoms with Crippen molar-refractivity contribution in [1.82, 2.24) is 9.21 Å². The highest BCUT2D eigenvalue weighted by Crippen LogP contribution is 2.31. The molecule has 0 unspecified atom stereocenters. The predicted molar refractivity (Wildman–Crippen MR) is 64.9 cm³/mol. The van der Waals surface area contributed by atoms with Gasteiger partial charge in [-0.15, -0.1) is 0 Å². The molecule has 0 aromatic carbocycles. The van der Waals surface area contributed by atoms with Crippen LogP contribution in [0.5, 0.6) is 0 Å². The Balaban J connectivity index is 1.92. The number of piperazine rings is 1. The van der Waals surface area contributed by atoms with Gasteiger partial charge in [0, 0.05) is 32.1 Å². The summed E-state index contributed by atoms with van der Waals surface area (Å²) in [5.74, 6) is 0.107. The van der Waals surface area contributed by atoms with E-state index in [-0.39, 0.29) is 17.1 Å². The van der Waals surface area contributed by atoms with Gasteiger partial charge < -0.3 is 4.90 Å². The van der Waals surface area contributed by atoms with Gasteiger partial charge in [-0.25, -0.2) is 8.42 Å². The van der Waals surface area contributed by atoms with Crippen LogP contribution in [0.25, 0.3) is 0 Å². The van der Waals surface area contributed by atoms with Crippen molar-refractivity contribution in [2.75, 3.05) is 26.2 Å². The lowest BCUT2D eigenvalue weighted by molar-refractivity contribution is -0.135. The monoisotopic (exact) mass is 260 g/mol. The van der Waals surface area contributed by atoms with Crippen LogP contribution in [0.3, 0.4) is 0 Å². The van der Waals surface area contributed by atoms with E-state index in [9.17, 15) is 13.2 Å². The van der Waals surface area contributed by atoms with Gasteiger partial charge in [0.25, 0.3) is 0 Å². The molecule has 1 aliphatic carbocycles. The Hall–Kier alpha value is -0.620. The zero-order chi connectivity index (χ0) is 12.6. The third kappa shape index (κ3) is 2.63. The third-order valence-electron chi connectivity index (χ3n) is 3.35. The molecule has 2 fully saturated rings. The fraction of sp³-hybridized carbons (Fsp3) is 0.909. The summed E-state index contributed by atoms with van der Waals surface area (Å²) in [6.45, 7) is 5.71. The van der Waals surface area contributed by atoms with Crippen molar-refractivity contribution in [3.63, 3.8) is 0 Å². The molecule has 6 heteroatoms. The zero-order valence-electron chi connectivity index (χ0n) is 10.4. The topological polar surface area (TPSA) is 57.7 Å². The van der Waals surface area contributed by atoms with Gasteiger partial charge in [-0.3, -0.25) is 4.79 Å². The summed E-state index contributed by atoms with van der Waals surface area (Å²) in [6.07, 6.45) is 1.60. The first-order valence-corrected chi connectivity index (χ1v) is 7.71. The van der Waals surface area contributed by atoms with Crippen LogP contribution < -0.4 is 0 Å². The van der Waals surface area contributed by atoms with Crippen molar-refractivity contribution in [3.05, 3.63) is 0 Å². The zero-order valence-corrected chi connectivity index (χ0v) is 11.2. The van der Waals surface area contributed by atoms with Gasteiger partial charge in [-0.1, -0.05) is 13.8 Å². The maximum absolute atomic E-state index is 12.0. The number of sulfonamides is 1. The van der Waals surface area contributed by atoms with Crippen LogP contribution in [-0.2, 0) is 14.8 Å². The van der Waals surface area contributed by atoms with Gasteiger partial charge in [0.05, 0.1) is 5.25 Å². The normalized spacial score (nSPS) is 23.1. The summed E-state index contributed by atoms with van der Waals surface area (Å²) >= 11 is 0. The van der Waals surface area contributed by atoms with Crippen LogP contribution >= 0.6 is 0 Å². The second-order valence-electron chi connectivity index (χ2n) is 5.12. The number of carbonyl (C=O) groups is 1. The van der Waals surface area contributed by atoms with E-state index in [1.807, 2.05) is 13.8 Å². The van der Waals surface area contributed by atoms with Gasteiger partial charge in [0.1, 0.15) is 0 Å². The lowest BCUT2D eigenvalue weighted by Crippen LogP contribution is -2.52.